The van der Waals surface area contributed by atoms with Crippen molar-refractivity contribution in [2.45, 2.75) is 18.5 Å². The van der Waals surface area contributed by atoms with E-state index >= 15 is 0 Å². The van der Waals surface area contributed by atoms with Crippen LogP contribution in [0.25, 0.3) is 11.1 Å². The molecule has 2 aromatic carbocycles. The summed E-state index contributed by atoms with van der Waals surface area (Å²) in [6.45, 7) is 1.83. The van der Waals surface area contributed by atoms with Gasteiger partial charge in [-0.1, -0.05) is 42.5 Å². The number of urea groups is 1. The van der Waals surface area contributed by atoms with Crippen LogP contribution in [0.3, 0.4) is 0 Å². The summed E-state index contributed by atoms with van der Waals surface area (Å²) in [7, 11) is 2.14. The smallest absolute Gasteiger partial charge is 0.319 e. The van der Waals surface area contributed by atoms with Crippen molar-refractivity contribution in [3.63, 3.8) is 0 Å². The third kappa shape index (κ3) is 2.70. The molecule has 0 saturated carbocycles. The van der Waals surface area contributed by atoms with Crippen LogP contribution in [0.15, 0.2) is 54.6 Å². The van der Waals surface area contributed by atoms with Crippen LogP contribution in [0.1, 0.15) is 6.42 Å². The summed E-state index contributed by atoms with van der Waals surface area (Å²) in [5.41, 5.74) is 3.13. The van der Waals surface area contributed by atoms with E-state index in [4.69, 9.17) is 0 Å². The third-order valence-corrected chi connectivity index (χ3v) is 5.00. The molecule has 1 N–H and O–H groups in total. The number of piperazine rings is 1. The number of hydrogen-bond donors (Lipinski definition) is 1. The lowest BCUT2D eigenvalue weighted by Gasteiger charge is -2.31. The van der Waals surface area contributed by atoms with Gasteiger partial charge in [0.25, 0.3) is 0 Å². The highest BCUT2D eigenvalue weighted by atomic mass is 16.2. The Bertz CT molecular complexity index is 714. The summed E-state index contributed by atoms with van der Waals surface area (Å²) in [5, 5.41) is 3.06. The lowest BCUT2D eigenvalue weighted by molar-refractivity contribution is 0.161. The molecule has 4 heteroatoms. The first kappa shape index (κ1) is 14.3. The summed E-state index contributed by atoms with van der Waals surface area (Å²) in [5.74, 6) is 0. The molecule has 4 nitrogen and oxygen atoms in total. The second-order valence-corrected chi connectivity index (χ2v) is 6.51. The van der Waals surface area contributed by atoms with Crippen molar-refractivity contribution in [2.24, 2.45) is 0 Å². The number of likely N-dealkylation sites (tertiary alicyclic amines) is 2. The van der Waals surface area contributed by atoms with Crippen molar-refractivity contribution in [1.29, 1.82) is 0 Å². The van der Waals surface area contributed by atoms with Crippen LogP contribution in [0, 0.1) is 0 Å². The van der Waals surface area contributed by atoms with Gasteiger partial charge in [-0.3, -0.25) is 4.90 Å². The third-order valence-electron chi connectivity index (χ3n) is 5.00. The van der Waals surface area contributed by atoms with Gasteiger partial charge in [0.2, 0.25) is 0 Å². The molecule has 2 aliphatic heterocycles. The number of fused-ring (bicyclic) bond motifs is 2. The van der Waals surface area contributed by atoms with Gasteiger partial charge in [0.1, 0.15) is 0 Å². The summed E-state index contributed by atoms with van der Waals surface area (Å²) in [6.07, 6.45) is 1.11. The Balaban J connectivity index is 1.48. The number of anilines is 1. The minimum atomic E-state index is 0.0239. The Morgan fingerprint density at radius 3 is 2.48 bits per heavy atom. The van der Waals surface area contributed by atoms with E-state index in [-0.39, 0.29) is 6.03 Å². The van der Waals surface area contributed by atoms with Gasteiger partial charge < -0.3 is 10.2 Å². The lowest BCUT2D eigenvalue weighted by Crippen LogP contribution is -2.48. The SMILES string of the molecule is CN1C[C@@H]2C[C@H]1CN2C(=O)Nc1cccc(-c2ccccc2)c1. The summed E-state index contributed by atoms with van der Waals surface area (Å²) in [4.78, 5) is 16.9. The number of hydrogen-bond acceptors (Lipinski definition) is 2. The predicted octanol–water partition coefficient (Wildman–Crippen LogP) is 3.27. The summed E-state index contributed by atoms with van der Waals surface area (Å²) >= 11 is 0. The van der Waals surface area contributed by atoms with Crippen molar-refractivity contribution in [3.8, 4) is 11.1 Å². The molecule has 2 atom stereocenters. The van der Waals surface area contributed by atoms with Crippen LogP contribution in [0.5, 0.6) is 0 Å². The standard InChI is InChI=1S/C19H21N3O/c1-21-12-18-11-17(21)13-22(18)19(23)20-16-9-5-8-15(10-16)14-6-3-2-4-7-14/h2-10,17-18H,11-13H2,1H3,(H,20,23)/t17-,18-/m0/s1. The van der Waals surface area contributed by atoms with E-state index in [2.05, 4.69) is 35.5 Å². The Kier molecular flexibility index (Phi) is 3.54. The first-order valence-electron chi connectivity index (χ1n) is 8.14. The van der Waals surface area contributed by atoms with Crippen molar-refractivity contribution >= 4 is 11.7 Å². The summed E-state index contributed by atoms with van der Waals surface area (Å²) < 4.78 is 0. The molecule has 23 heavy (non-hydrogen) atoms. The van der Waals surface area contributed by atoms with Crippen molar-refractivity contribution in [3.05, 3.63) is 54.6 Å². The molecular weight excluding hydrogens is 286 g/mol. The Morgan fingerprint density at radius 1 is 1.00 bits per heavy atom. The van der Waals surface area contributed by atoms with E-state index in [0.717, 1.165) is 36.3 Å². The van der Waals surface area contributed by atoms with Gasteiger partial charge in [-0.05, 0) is 36.7 Å². The summed E-state index contributed by atoms with van der Waals surface area (Å²) in [6, 6.07) is 19.2. The fraction of sp³-hybridized carbons (Fsp3) is 0.316. The van der Waals surface area contributed by atoms with Crippen LogP contribution in [-0.4, -0.2) is 48.1 Å². The fourth-order valence-electron chi connectivity index (χ4n) is 3.72. The predicted molar refractivity (Wildman–Crippen MR) is 92.4 cm³/mol. The first-order chi connectivity index (χ1) is 11.2. The van der Waals surface area contributed by atoms with Crippen molar-refractivity contribution in [1.82, 2.24) is 9.80 Å². The maximum absolute atomic E-state index is 12.6. The van der Waals surface area contributed by atoms with Gasteiger partial charge in [0.05, 0.1) is 0 Å². The zero-order valence-corrected chi connectivity index (χ0v) is 13.3. The maximum Gasteiger partial charge on any atom is 0.322 e. The second kappa shape index (κ2) is 5.70. The zero-order chi connectivity index (χ0) is 15.8. The highest BCUT2D eigenvalue weighted by Crippen LogP contribution is 2.30. The molecule has 0 spiro atoms. The lowest BCUT2D eigenvalue weighted by atomic mass is 10.1. The molecular formula is C19H21N3O. The minimum absolute atomic E-state index is 0.0239. The molecule has 0 aliphatic carbocycles. The number of carbonyl (C=O) groups is 1. The van der Waals surface area contributed by atoms with Gasteiger partial charge >= 0.3 is 6.03 Å². The first-order valence-corrected chi connectivity index (χ1v) is 8.14. The number of benzene rings is 2. The van der Waals surface area contributed by atoms with Crippen LogP contribution in [-0.2, 0) is 0 Å². The van der Waals surface area contributed by atoms with Gasteiger partial charge in [-0.2, -0.15) is 0 Å². The second-order valence-electron chi connectivity index (χ2n) is 6.51. The molecule has 2 heterocycles. The Labute approximate surface area is 136 Å². The molecule has 2 saturated heterocycles. The monoisotopic (exact) mass is 307 g/mol. The normalized spacial score (nSPS) is 23.3. The molecule has 4 rings (SSSR count). The van der Waals surface area contributed by atoms with E-state index < -0.39 is 0 Å². The molecule has 0 aromatic heterocycles. The van der Waals surface area contributed by atoms with E-state index in [9.17, 15) is 4.79 Å². The van der Waals surface area contributed by atoms with Gasteiger partial charge in [-0.15, -0.1) is 0 Å². The van der Waals surface area contributed by atoms with E-state index in [1.54, 1.807) is 0 Å². The van der Waals surface area contributed by atoms with E-state index in [1.807, 2.05) is 41.3 Å². The number of amides is 2. The molecule has 2 aromatic rings. The maximum atomic E-state index is 12.6. The largest absolute Gasteiger partial charge is 0.322 e. The van der Waals surface area contributed by atoms with Crippen LogP contribution < -0.4 is 5.32 Å². The molecule has 2 amide bonds. The van der Waals surface area contributed by atoms with Crippen LogP contribution in [0.2, 0.25) is 0 Å². The van der Waals surface area contributed by atoms with Crippen molar-refractivity contribution in [2.75, 3.05) is 25.5 Å². The quantitative estimate of drug-likeness (QED) is 0.924. The average Bonchev–Trinajstić information content (AvgIpc) is 3.15. The number of nitrogens with one attached hydrogen (secondary N) is 1. The van der Waals surface area contributed by atoms with Crippen LogP contribution in [0.4, 0.5) is 10.5 Å². The molecule has 0 radical (unpaired) electrons. The molecule has 2 bridgehead atoms. The van der Waals surface area contributed by atoms with E-state index in [1.165, 1.54) is 0 Å². The van der Waals surface area contributed by atoms with Gasteiger partial charge in [-0.25, -0.2) is 4.79 Å². The van der Waals surface area contributed by atoms with Gasteiger partial charge in [0.15, 0.2) is 0 Å². The van der Waals surface area contributed by atoms with E-state index in [0.29, 0.717) is 12.1 Å². The molecule has 2 aliphatic rings. The van der Waals surface area contributed by atoms with Crippen LogP contribution >= 0.6 is 0 Å². The van der Waals surface area contributed by atoms with Gasteiger partial charge in [0, 0.05) is 30.9 Å². The number of likely N-dealkylation sites (N-methyl/N-ethyl adjacent to an activating group) is 1. The van der Waals surface area contributed by atoms with Crippen molar-refractivity contribution < 1.29 is 4.79 Å². The Morgan fingerprint density at radius 2 is 1.78 bits per heavy atom. The number of carbonyl (C=O) groups excluding carboxylic acids is 1. The fourth-order valence-corrected chi connectivity index (χ4v) is 3.72. The zero-order valence-electron chi connectivity index (χ0n) is 13.3. The average molecular weight is 307 g/mol. The topological polar surface area (TPSA) is 35.6 Å². The number of nitrogens with zero attached hydrogens (tertiary/aromatic N) is 2. The highest BCUT2D eigenvalue weighted by molar-refractivity contribution is 5.90. The molecule has 118 valence electrons. The minimum Gasteiger partial charge on any atom is -0.319 e. The molecule has 2 fully saturated rings. The highest BCUT2D eigenvalue weighted by Gasteiger charge is 2.43. The Hall–Kier alpha value is -2.33. The number of rotatable bonds is 2. The molecule has 0 unspecified atom stereocenters.